The Bertz CT molecular complexity index is 335. The van der Waals surface area contributed by atoms with E-state index in [2.05, 4.69) is 6.92 Å². The number of unbranched alkanes of at least 4 members (excludes halogenated alkanes) is 11. The van der Waals surface area contributed by atoms with Crippen molar-refractivity contribution in [3.8, 4) is 0 Å². The third kappa shape index (κ3) is 15.1. The summed E-state index contributed by atoms with van der Waals surface area (Å²) in [6, 6.07) is 0. The standard InChI is InChI=1S/C20H38O4.2K/c1-3-5-7-8-9-10-11-12-13-15-17-20(18(21)22,19(23)24)16-14-6-4-2;;/h3-17H2,1-2H3,(H,21,22)(H,23,24);;/q;2*+1/p-2. The van der Waals surface area contributed by atoms with Crippen LogP contribution in [-0.2, 0) is 9.59 Å². The number of hydrogen-bond donors (Lipinski definition) is 0. The van der Waals surface area contributed by atoms with Gasteiger partial charge in [0.1, 0.15) is 0 Å². The molecular weight excluding hydrogens is 382 g/mol. The second-order valence-corrected chi connectivity index (χ2v) is 7.05. The Hall–Kier alpha value is 2.21. The summed E-state index contributed by atoms with van der Waals surface area (Å²) in [7, 11) is 0. The number of carbonyl (C=O) groups is 2. The van der Waals surface area contributed by atoms with Crippen molar-refractivity contribution >= 4 is 11.9 Å². The minimum atomic E-state index is -1.80. The molecular formula is C20H36K2O4. The number of aliphatic carboxylic acids is 2. The van der Waals surface area contributed by atoms with Crippen LogP contribution >= 0.6 is 0 Å². The summed E-state index contributed by atoms with van der Waals surface area (Å²) in [5.41, 5.74) is -1.80. The molecule has 0 aliphatic heterocycles. The predicted octanol–water partition coefficient (Wildman–Crippen LogP) is -2.63. The van der Waals surface area contributed by atoms with Gasteiger partial charge in [-0.05, 0) is 12.8 Å². The van der Waals surface area contributed by atoms with Crippen LogP contribution in [-0.4, -0.2) is 11.9 Å². The quantitative estimate of drug-likeness (QED) is 0.147. The minimum absolute atomic E-state index is 0. The van der Waals surface area contributed by atoms with E-state index in [1.165, 1.54) is 38.5 Å². The molecule has 0 fully saturated rings. The van der Waals surface area contributed by atoms with Crippen LogP contribution in [0.25, 0.3) is 0 Å². The van der Waals surface area contributed by atoms with Crippen molar-refractivity contribution < 1.29 is 123 Å². The van der Waals surface area contributed by atoms with E-state index in [0.29, 0.717) is 12.8 Å². The van der Waals surface area contributed by atoms with E-state index in [0.717, 1.165) is 32.1 Å². The molecule has 26 heavy (non-hydrogen) atoms. The molecule has 0 saturated carbocycles. The smallest absolute Gasteiger partial charge is 0.549 e. The van der Waals surface area contributed by atoms with Gasteiger partial charge in [-0.3, -0.25) is 0 Å². The summed E-state index contributed by atoms with van der Waals surface area (Å²) in [4.78, 5) is 22.8. The molecule has 0 aromatic rings. The summed E-state index contributed by atoms with van der Waals surface area (Å²) >= 11 is 0. The Morgan fingerprint density at radius 2 is 0.846 bits per heavy atom. The summed E-state index contributed by atoms with van der Waals surface area (Å²) < 4.78 is 0. The van der Waals surface area contributed by atoms with Gasteiger partial charge in [-0.15, -0.1) is 0 Å². The largest absolute Gasteiger partial charge is 1.00 e. The maximum Gasteiger partial charge on any atom is 1.00 e. The molecule has 0 N–H and O–H groups in total. The van der Waals surface area contributed by atoms with Gasteiger partial charge in [0.2, 0.25) is 0 Å². The predicted molar refractivity (Wildman–Crippen MR) is 93.1 cm³/mol. The fourth-order valence-corrected chi connectivity index (χ4v) is 3.21. The van der Waals surface area contributed by atoms with Crippen molar-refractivity contribution in [1.29, 1.82) is 0 Å². The molecule has 0 amide bonds. The molecule has 0 atom stereocenters. The van der Waals surface area contributed by atoms with Gasteiger partial charge in [-0.1, -0.05) is 97.3 Å². The molecule has 0 spiro atoms. The fourth-order valence-electron chi connectivity index (χ4n) is 3.21. The second-order valence-electron chi connectivity index (χ2n) is 7.05. The molecule has 4 nitrogen and oxygen atoms in total. The van der Waals surface area contributed by atoms with Gasteiger partial charge in [0, 0.05) is 5.41 Å². The molecule has 0 heterocycles. The van der Waals surface area contributed by atoms with Crippen LogP contribution in [0.5, 0.6) is 0 Å². The summed E-state index contributed by atoms with van der Waals surface area (Å²) in [5, 5.41) is 22.8. The SMILES string of the molecule is CCCCCCCCCCCCC(CCCCC)(C(=O)[O-])C(=O)[O-].[K+].[K+]. The third-order valence-electron chi connectivity index (χ3n) is 4.95. The Morgan fingerprint density at radius 1 is 0.577 bits per heavy atom. The first-order valence-electron chi connectivity index (χ1n) is 9.94. The van der Waals surface area contributed by atoms with Crippen molar-refractivity contribution in [3.05, 3.63) is 0 Å². The number of carboxylic acid groups (broad SMARTS) is 2. The van der Waals surface area contributed by atoms with Crippen LogP contribution in [0.3, 0.4) is 0 Å². The summed E-state index contributed by atoms with van der Waals surface area (Å²) in [6.45, 7) is 4.21. The molecule has 0 aromatic heterocycles. The van der Waals surface area contributed by atoms with E-state index < -0.39 is 17.4 Å². The summed E-state index contributed by atoms with van der Waals surface area (Å²) in [5.74, 6) is -2.95. The molecule has 0 rings (SSSR count). The van der Waals surface area contributed by atoms with Crippen LogP contribution in [0.15, 0.2) is 0 Å². The van der Waals surface area contributed by atoms with Gasteiger partial charge in [0.15, 0.2) is 0 Å². The number of carbonyl (C=O) groups excluding carboxylic acids is 2. The zero-order valence-electron chi connectivity index (χ0n) is 17.7. The van der Waals surface area contributed by atoms with Crippen LogP contribution in [0.4, 0.5) is 0 Å². The van der Waals surface area contributed by atoms with Crippen molar-refractivity contribution in [2.24, 2.45) is 5.41 Å². The van der Waals surface area contributed by atoms with E-state index in [1.54, 1.807) is 0 Å². The Morgan fingerprint density at radius 3 is 1.19 bits per heavy atom. The van der Waals surface area contributed by atoms with Gasteiger partial charge in [-0.2, -0.15) is 0 Å². The Balaban J connectivity index is -0.00000264. The fraction of sp³-hybridized carbons (Fsp3) is 0.900. The minimum Gasteiger partial charge on any atom is -0.549 e. The van der Waals surface area contributed by atoms with E-state index in [-0.39, 0.29) is 116 Å². The van der Waals surface area contributed by atoms with Crippen molar-refractivity contribution in [1.82, 2.24) is 0 Å². The zero-order valence-corrected chi connectivity index (χ0v) is 24.0. The zero-order chi connectivity index (χ0) is 18.3. The average molecular weight is 419 g/mol. The molecule has 142 valence electrons. The van der Waals surface area contributed by atoms with Crippen LogP contribution < -0.4 is 113 Å². The normalized spacial score (nSPS) is 10.7. The first kappa shape index (κ1) is 32.9. The van der Waals surface area contributed by atoms with Crippen LogP contribution in [0.2, 0.25) is 0 Å². The molecule has 0 aliphatic carbocycles. The molecule has 6 heteroatoms. The molecule has 0 aromatic carbocycles. The van der Waals surface area contributed by atoms with Gasteiger partial charge in [0.25, 0.3) is 0 Å². The first-order valence-corrected chi connectivity index (χ1v) is 9.94. The maximum absolute atomic E-state index is 11.4. The van der Waals surface area contributed by atoms with Gasteiger partial charge >= 0.3 is 103 Å². The third-order valence-corrected chi connectivity index (χ3v) is 4.95. The van der Waals surface area contributed by atoms with Crippen LogP contribution in [0.1, 0.15) is 110 Å². The van der Waals surface area contributed by atoms with E-state index in [4.69, 9.17) is 0 Å². The first-order chi connectivity index (χ1) is 11.5. The van der Waals surface area contributed by atoms with Crippen LogP contribution in [0, 0.1) is 5.41 Å². The van der Waals surface area contributed by atoms with Gasteiger partial charge < -0.3 is 19.8 Å². The van der Waals surface area contributed by atoms with Crippen molar-refractivity contribution in [3.63, 3.8) is 0 Å². The molecule has 0 bridgehead atoms. The maximum atomic E-state index is 11.4. The van der Waals surface area contributed by atoms with Gasteiger partial charge in [0.05, 0.1) is 11.9 Å². The molecule has 0 aliphatic rings. The molecule has 0 saturated heterocycles. The van der Waals surface area contributed by atoms with Crippen molar-refractivity contribution in [2.45, 2.75) is 110 Å². The number of hydrogen-bond acceptors (Lipinski definition) is 4. The molecule has 0 radical (unpaired) electrons. The molecule has 0 unspecified atom stereocenters. The van der Waals surface area contributed by atoms with E-state index >= 15 is 0 Å². The second kappa shape index (κ2) is 21.9. The Kier molecular flexibility index (Phi) is 27.7. The summed E-state index contributed by atoms with van der Waals surface area (Å²) in [6.07, 6.45) is 14.0. The number of rotatable bonds is 17. The topological polar surface area (TPSA) is 80.3 Å². The number of carboxylic acids is 2. The average Bonchev–Trinajstić information content (AvgIpc) is 2.54. The van der Waals surface area contributed by atoms with E-state index in [9.17, 15) is 19.8 Å². The van der Waals surface area contributed by atoms with Crippen molar-refractivity contribution in [2.75, 3.05) is 0 Å². The monoisotopic (exact) mass is 418 g/mol. The van der Waals surface area contributed by atoms with Gasteiger partial charge in [-0.25, -0.2) is 0 Å². The Labute approximate surface area is 245 Å². The van der Waals surface area contributed by atoms with E-state index in [1.807, 2.05) is 6.92 Å².